The molecule has 0 spiro atoms. The molecule has 5 heteroatoms. The number of carbonyl (C=O) groups excluding carboxylic acids is 1. The molecule has 2 aromatic rings. The van der Waals surface area contributed by atoms with Crippen molar-refractivity contribution in [3.63, 3.8) is 0 Å². The molecule has 0 aliphatic carbocycles. The quantitative estimate of drug-likeness (QED) is 0.850. The highest BCUT2D eigenvalue weighted by Crippen LogP contribution is 2.15. The van der Waals surface area contributed by atoms with Crippen LogP contribution in [0.1, 0.15) is 20.8 Å². The van der Waals surface area contributed by atoms with Gasteiger partial charge in [-0.3, -0.25) is 4.79 Å². The Labute approximate surface area is 102 Å². The lowest BCUT2D eigenvalue weighted by Gasteiger charge is -2.04. The Morgan fingerprint density at radius 3 is 3.00 bits per heavy atom. The van der Waals surface area contributed by atoms with Gasteiger partial charge in [-0.15, -0.1) is 11.3 Å². The molecule has 17 heavy (non-hydrogen) atoms. The van der Waals surface area contributed by atoms with Crippen LogP contribution in [0, 0.1) is 12.9 Å². The SMILES string of the molecule is Cc1ccsc1CNC(=O)c1cccnc1F. The summed E-state index contributed by atoms with van der Waals surface area (Å²) in [5.74, 6) is -1.18. The van der Waals surface area contributed by atoms with E-state index >= 15 is 0 Å². The van der Waals surface area contributed by atoms with Crippen molar-refractivity contribution in [1.29, 1.82) is 0 Å². The van der Waals surface area contributed by atoms with E-state index in [1.807, 2.05) is 18.4 Å². The largest absolute Gasteiger partial charge is 0.347 e. The fourth-order valence-electron chi connectivity index (χ4n) is 1.40. The van der Waals surface area contributed by atoms with Gasteiger partial charge >= 0.3 is 0 Å². The molecule has 0 radical (unpaired) electrons. The molecule has 1 N–H and O–H groups in total. The van der Waals surface area contributed by atoms with E-state index in [9.17, 15) is 9.18 Å². The van der Waals surface area contributed by atoms with Gasteiger partial charge in [0.15, 0.2) is 0 Å². The Morgan fingerprint density at radius 2 is 2.35 bits per heavy atom. The normalized spacial score (nSPS) is 10.2. The Balaban J connectivity index is 2.04. The summed E-state index contributed by atoms with van der Waals surface area (Å²) >= 11 is 1.57. The minimum absolute atomic E-state index is 0.0262. The van der Waals surface area contributed by atoms with Crippen LogP contribution in [0.25, 0.3) is 0 Å². The van der Waals surface area contributed by atoms with Gasteiger partial charge in [0.25, 0.3) is 5.91 Å². The molecular formula is C12H11FN2OS. The number of thiophene rings is 1. The number of nitrogens with zero attached hydrogens (tertiary/aromatic N) is 1. The zero-order valence-electron chi connectivity index (χ0n) is 9.24. The van der Waals surface area contributed by atoms with E-state index in [2.05, 4.69) is 10.3 Å². The summed E-state index contributed by atoms with van der Waals surface area (Å²) in [4.78, 5) is 16.2. The van der Waals surface area contributed by atoms with Crippen LogP contribution in [0.4, 0.5) is 4.39 Å². The Hall–Kier alpha value is -1.75. The molecule has 0 aliphatic heterocycles. The van der Waals surface area contributed by atoms with Gasteiger partial charge in [-0.1, -0.05) is 0 Å². The molecule has 2 rings (SSSR count). The number of halogens is 1. The van der Waals surface area contributed by atoms with Crippen LogP contribution in [0.2, 0.25) is 0 Å². The van der Waals surface area contributed by atoms with E-state index in [-0.39, 0.29) is 5.56 Å². The summed E-state index contributed by atoms with van der Waals surface area (Å²) in [6, 6.07) is 4.93. The van der Waals surface area contributed by atoms with E-state index in [4.69, 9.17) is 0 Å². The zero-order chi connectivity index (χ0) is 12.3. The van der Waals surface area contributed by atoms with Gasteiger partial charge in [0.1, 0.15) is 0 Å². The van der Waals surface area contributed by atoms with Gasteiger partial charge in [0, 0.05) is 11.1 Å². The number of carbonyl (C=O) groups is 1. The smallest absolute Gasteiger partial charge is 0.256 e. The summed E-state index contributed by atoms with van der Waals surface area (Å²) < 4.78 is 13.2. The van der Waals surface area contributed by atoms with Crippen LogP contribution in [-0.4, -0.2) is 10.9 Å². The molecule has 3 nitrogen and oxygen atoms in total. The topological polar surface area (TPSA) is 42.0 Å². The van der Waals surface area contributed by atoms with Crippen LogP contribution >= 0.6 is 11.3 Å². The average molecular weight is 250 g/mol. The third-order valence-corrected chi connectivity index (χ3v) is 3.40. The first-order valence-corrected chi connectivity index (χ1v) is 5.98. The first kappa shape index (κ1) is 11.7. The number of rotatable bonds is 3. The van der Waals surface area contributed by atoms with Gasteiger partial charge in [-0.2, -0.15) is 4.39 Å². The highest BCUT2D eigenvalue weighted by atomic mass is 32.1. The molecular weight excluding hydrogens is 239 g/mol. The van der Waals surface area contributed by atoms with E-state index in [0.717, 1.165) is 10.4 Å². The number of hydrogen-bond acceptors (Lipinski definition) is 3. The van der Waals surface area contributed by atoms with Crippen molar-refractivity contribution in [3.8, 4) is 0 Å². The molecule has 0 saturated carbocycles. The predicted octanol–water partition coefficient (Wildman–Crippen LogP) is 2.52. The second-order valence-corrected chi connectivity index (χ2v) is 4.55. The molecule has 0 unspecified atom stereocenters. The highest BCUT2D eigenvalue weighted by Gasteiger charge is 2.11. The van der Waals surface area contributed by atoms with Crippen LogP contribution in [0.5, 0.6) is 0 Å². The van der Waals surface area contributed by atoms with Crippen molar-refractivity contribution in [1.82, 2.24) is 10.3 Å². The summed E-state index contributed by atoms with van der Waals surface area (Å²) in [7, 11) is 0. The maximum atomic E-state index is 13.2. The zero-order valence-corrected chi connectivity index (χ0v) is 10.1. The molecule has 0 saturated heterocycles. The molecule has 2 aromatic heterocycles. The summed E-state index contributed by atoms with van der Waals surface area (Å²) in [5.41, 5.74) is 1.10. The molecule has 0 aromatic carbocycles. The van der Waals surface area contributed by atoms with Gasteiger partial charge < -0.3 is 5.32 Å². The number of aromatic nitrogens is 1. The number of nitrogens with one attached hydrogen (secondary N) is 1. The second kappa shape index (κ2) is 5.05. The number of hydrogen-bond donors (Lipinski definition) is 1. The maximum Gasteiger partial charge on any atom is 0.256 e. The van der Waals surface area contributed by atoms with Crippen LogP contribution in [0.3, 0.4) is 0 Å². The third kappa shape index (κ3) is 2.68. The maximum absolute atomic E-state index is 13.2. The lowest BCUT2D eigenvalue weighted by Crippen LogP contribution is -2.24. The second-order valence-electron chi connectivity index (χ2n) is 3.55. The minimum Gasteiger partial charge on any atom is -0.347 e. The van der Waals surface area contributed by atoms with Gasteiger partial charge in [-0.25, -0.2) is 4.98 Å². The molecule has 0 bridgehead atoms. The van der Waals surface area contributed by atoms with Gasteiger partial charge in [-0.05, 0) is 36.1 Å². The van der Waals surface area contributed by atoms with Crippen LogP contribution in [0.15, 0.2) is 29.8 Å². The fourth-order valence-corrected chi connectivity index (χ4v) is 2.24. The Morgan fingerprint density at radius 1 is 1.53 bits per heavy atom. The molecule has 0 atom stereocenters. The van der Waals surface area contributed by atoms with E-state index in [1.54, 1.807) is 11.3 Å². The van der Waals surface area contributed by atoms with Crippen LogP contribution in [-0.2, 0) is 6.54 Å². The first-order valence-electron chi connectivity index (χ1n) is 5.10. The Bertz CT molecular complexity index is 539. The van der Waals surface area contributed by atoms with Crippen molar-refractivity contribution in [3.05, 3.63) is 51.7 Å². The monoisotopic (exact) mass is 250 g/mol. The van der Waals surface area contributed by atoms with E-state index < -0.39 is 11.9 Å². The molecule has 2 heterocycles. The van der Waals surface area contributed by atoms with Crippen LogP contribution < -0.4 is 5.32 Å². The van der Waals surface area contributed by atoms with Gasteiger partial charge in [0.2, 0.25) is 5.95 Å². The van der Waals surface area contributed by atoms with E-state index in [1.165, 1.54) is 18.3 Å². The Kier molecular flexibility index (Phi) is 3.49. The number of amides is 1. The summed E-state index contributed by atoms with van der Waals surface area (Å²) in [5, 5.41) is 4.63. The summed E-state index contributed by atoms with van der Waals surface area (Å²) in [6.45, 7) is 2.39. The van der Waals surface area contributed by atoms with Crippen molar-refractivity contribution in [2.75, 3.05) is 0 Å². The predicted molar refractivity (Wildman–Crippen MR) is 64.4 cm³/mol. The summed E-state index contributed by atoms with van der Waals surface area (Å²) in [6.07, 6.45) is 1.32. The molecule has 0 fully saturated rings. The highest BCUT2D eigenvalue weighted by molar-refractivity contribution is 7.10. The van der Waals surface area contributed by atoms with Gasteiger partial charge in [0.05, 0.1) is 12.1 Å². The molecule has 88 valence electrons. The lowest BCUT2D eigenvalue weighted by atomic mass is 10.2. The first-order chi connectivity index (χ1) is 8.18. The average Bonchev–Trinajstić information content (AvgIpc) is 2.72. The van der Waals surface area contributed by atoms with Crippen molar-refractivity contribution in [2.45, 2.75) is 13.5 Å². The van der Waals surface area contributed by atoms with Crippen molar-refractivity contribution < 1.29 is 9.18 Å². The standard InChI is InChI=1S/C12H11FN2OS/c1-8-4-6-17-10(8)7-15-12(16)9-3-2-5-14-11(9)13/h2-6H,7H2,1H3,(H,15,16). The number of aryl methyl sites for hydroxylation is 1. The molecule has 0 aliphatic rings. The van der Waals surface area contributed by atoms with E-state index in [0.29, 0.717) is 6.54 Å². The van der Waals surface area contributed by atoms with Crippen molar-refractivity contribution >= 4 is 17.2 Å². The molecule has 1 amide bonds. The fraction of sp³-hybridized carbons (Fsp3) is 0.167. The van der Waals surface area contributed by atoms with Crippen molar-refractivity contribution in [2.24, 2.45) is 0 Å². The third-order valence-electron chi connectivity index (χ3n) is 2.38. The number of pyridine rings is 1. The lowest BCUT2D eigenvalue weighted by molar-refractivity contribution is 0.0946. The minimum atomic E-state index is -0.743.